The maximum absolute atomic E-state index is 12.7. The lowest BCUT2D eigenvalue weighted by Gasteiger charge is -2.14. The first-order chi connectivity index (χ1) is 13.0. The van der Waals surface area contributed by atoms with Crippen molar-refractivity contribution in [3.8, 4) is 0 Å². The Balaban J connectivity index is 1.96. The second kappa shape index (κ2) is 8.32. The number of benzene rings is 1. The van der Waals surface area contributed by atoms with Gasteiger partial charge in [-0.25, -0.2) is 0 Å². The van der Waals surface area contributed by atoms with E-state index in [0.717, 1.165) is 23.5 Å². The summed E-state index contributed by atoms with van der Waals surface area (Å²) in [5.74, 6) is 1.11. The molecular formula is C18H20F3N3O4. The van der Waals surface area contributed by atoms with E-state index >= 15 is 0 Å². The minimum absolute atomic E-state index is 0.0155. The van der Waals surface area contributed by atoms with Gasteiger partial charge in [0.2, 0.25) is 5.91 Å². The summed E-state index contributed by atoms with van der Waals surface area (Å²) in [5.41, 5.74) is -1.05. The summed E-state index contributed by atoms with van der Waals surface area (Å²) in [6.07, 6.45) is -4.69. The fourth-order valence-electron chi connectivity index (χ4n) is 2.79. The summed E-state index contributed by atoms with van der Waals surface area (Å²) in [6, 6.07) is 3.74. The van der Waals surface area contributed by atoms with Gasteiger partial charge in [-0.05, 0) is 39.0 Å². The molecule has 2 aromatic rings. The lowest BCUT2D eigenvalue weighted by molar-refractivity contribution is -0.384. The van der Waals surface area contributed by atoms with Crippen LogP contribution in [0, 0.1) is 24.0 Å². The average Bonchev–Trinajstić information content (AvgIpc) is 2.92. The minimum Gasteiger partial charge on any atom is -0.466 e. The molecule has 1 unspecified atom stereocenters. The number of furan rings is 1. The summed E-state index contributed by atoms with van der Waals surface area (Å²) < 4.78 is 43.5. The third kappa shape index (κ3) is 5.24. The molecule has 28 heavy (non-hydrogen) atoms. The standard InChI is InChI=1S/C18H20F3N3O4/c1-10-8-14(12(3)28-10)11(2)23-17(25)6-7-22-15-5-4-13(18(19,20)21)9-16(15)24(26)27/h4-5,8-9,11,22H,6-7H2,1-3H3,(H,23,25). The van der Waals surface area contributed by atoms with E-state index in [4.69, 9.17) is 4.42 Å². The molecule has 1 aromatic heterocycles. The molecule has 1 heterocycles. The van der Waals surface area contributed by atoms with Crippen molar-refractivity contribution in [1.29, 1.82) is 0 Å². The van der Waals surface area contributed by atoms with Crippen LogP contribution in [0.1, 0.15) is 42.0 Å². The van der Waals surface area contributed by atoms with E-state index < -0.39 is 22.4 Å². The largest absolute Gasteiger partial charge is 0.466 e. The fraction of sp³-hybridized carbons (Fsp3) is 0.389. The van der Waals surface area contributed by atoms with Gasteiger partial charge in [-0.2, -0.15) is 13.2 Å². The highest BCUT2D eigenvalue weighted by atomic mass is 19.4. The zero-order valence-corrected chi connectivity index (χ0v) is 15.5. The van der Waals surface area contributed by atoms with Crippen LogP contribution in [0.5, 0.6) is 0 Å². The van der Waals surface area contributed by atoms with Gasteiger partial charge in [0.25, 0.3) is 5.69 Å². The first kappa shape index (κ1) is 21.3. The maximum atomic E-state index is 12.7. The van der Waals surface area contributed by atoms with E-state index in [1.807, 2.05) is 6.07 Å². The number of carbonyl (C=O) groups is 1. The lowest BCUT2D eigenvalue weighted by atomic mass is 10.1. The number of nitrogens with zero attached hydrogens (tertiary/aromatic N) is 1. The van der Waals surface area contributed by atoms with Crippen molar-refractivity contribution in [2.45, 2.75) is 39.4 Å². The third-order valence-electron chi connectivity index (χ3n) is 4.11. The molecule has 2 N–H and O–H groups in total. The Bertz CT molecular complexity index is 877. The van der Waals surface area contributed by atoms with Crippen molar-refractivity contribution in [2.24, 2.45) is 0 Å². The molecule has 0 aliphatic carbocycles. The highest BCUT2D eigenvalue weighted by Crippen LogP contribution is 2.34. The average molecular weight is 399 g/mol. The Labute approximate surface area is 159 Å². The first-order valence-corrected chi connectivity index (χ1v) is 8.45. The normalized spacial score (nSPS) is 12.5. The van der Waals surface area contributed by atoms with E-state index in [1.165, 1.54) is 0 Å². The van der Waals surface area contributed by atoms with Crippen LogP contribution in [0.15, 0.2) is 28.7 Å². The van der Waals surface area contributed by atoms with Gasteiger partial charge in [0.05, 0.1) is 16.5 Å². The number of halogens is 3. The number of amides is 1. The second-order valence-corrected chi connectivity index (χ2v) is 6.32. The van der Waals surface area contributed by atoms with Gasteiger partial charge in [-0.15, -0.1) is 0 Å². The number of nitro benzene ring substituents is 1. The van der Waals surface area contributed by atoms with Gasteiger partial charge in [0.15, 0.2) is 0 Å². The molecule has 7 nitrogen and oxygen atoms in total. The molecule has 10 heteroatoms. The van der Waals surface area contributed by atoms with Crippen LogP contribution in [0.2, 0.25) is 0 Å². The highest BCUT2D eigenvalue weighted by molar-refractivity contribution is 5.77. The second-order valence-electron chi connectivity index (χ2n) is 6.32. The lowest BCUT2D eigenvalue weighted by Crippen LogP contribution is -2.28. The molecule has 152 valence electrons. The number of anilines is 1. The fourth-order valence-corrected chi connectivity index (χ4v) is 2.79. The summed E-state index contributed by atoms with van der Waals surface area (Å²) in [4.78, 5) is 22.2. The third-order valence-corrected chi connectivity index (χ3v) is 4.11. The van der Waals surface area contributed by atoms with Gasteiger partial charge in [0.1, 0.15) is 17.2 Å². The van der Waals surface area contributed by atoms with Crippen molar-refractivity contribution < 1.29 is 27.3 Å². The van der Waals surface area contributed by atoms with Crippen molar-refractivity contribution in [1.82, 2.24) is 5.32 Å². The molecule has 0 saturated carbocycles. The zero-order chi connectivity index (χ0) is 21.1. The number of nitrogens with one attached hydrogen (secondary N) is 2. The van der Waals surface area contributed by atoms with Gasteiger partial charge in [0, 0.05) is 24.6 Å². The van der Waals surface area contributed by atoms with Gasteiger partial charge >= 0.3 is 6.18 Å². The van der Waals surface area contributed by atoms with Crippen molar-refractivity contribution >= 4 is 17.3 Å². The van der Waals surface area contributed by atoms with E-state index in [2.05, 4.69) is 10.6 Å². The maximum Gasteiger partial charge on any atom is 0.416 e. The van der Waals surface area contributed by atoms with E-state index in [1.54, 1.807) is 20.8 Å². The molecule has 1 atom stereocenters. The van der Waals surface area contributed by atoms with Gasteiger partial charge < -0.3 is 15.1 Å². The number of rotatable bonds is 7. The Hall–Kier alpha value is -3.04. The predicted octanol–water partition coefficient (Wildman–Crippen LogP) is 4.50. The summed E-state index contributed by atoms with van der Waals surface area (Å²) >= 11 is 0. The Kier molecular flexibility index (Phi) is 6.32. The van der Waals surface area contributed by atoms with Crippen LogP contribution < -0.4 is 10.6 Å². The van der Waals surface area contributed by atoms with Crippen LogP contribution >= 0.6 is 0 Å². The van der Waals surface area contributed by atoms with Crippen LogP contribution in [-0.2, 0) is 11.0 Å². The van der Waals surface area contributed by atoms with E-state index in [9.17, 15) is 28.1 Å². The summed E-state index contributed by atoms with van der Waals surface area (Å²) in [7, 11) is 0. The Morgan fingerprint density at radius 2 is 1.96 bits per heavy atom. The quantitative estimate of drug-likeness (QED) is 0.528. The molecule has 0 saturated heterocycles. The number of carbonyl (C=O) groups excluding carboxylic acids is 1. The number of hydrogen-bond acceptors (Lipinski definition) is 5. The number of aryl methyl sites for hydroxylation is 2. The van der Waals surface area contributed by atoms with Crippen LogP contribution in [0.3, 0.4) is 0 Å². The topological polar surface area (TPSA) is 97.4 Å². The molecule has 0 bridgehead atoms. The van der Waals surface area contributed by atoms with Gasteiger partial charge in [-0.1, -0.05) is 0 Å². The van der Waals surface area contributed by atoms with Gasteiger partial charge in [-0.3, -0.25) is 14.9 Å². The molecule has 0 spiro atoms. The molecule has 2 rings (SSSR count). The van der Waals surface area contributed by atoms with Crippen molar-refractivity contribution in [2.75, 3.05) is 11.9 Å². The molecule has 0 aliphatic heterocycles. The van der Waals surface area contributed by atoms with E-state index in [0.29, 0.717) is 11.8 Å². The Morgan fingerprint density at radius 1 is 1.29 bits per heavy atom. The summed E-state index contributed by atoms with van der Waals surface area (Å²) in [5, 5.41) is 16.5. The zero-order valence-electron chi connectivity index (χ0n) is 15.5. The summed E-state index contributed by atoms with van der Waals surface area (Å²) in [6.45, 7) is 5.40. The highest BCUT2D eigenvalue weighted by Gasteiger charge is 2.33. The van der Waals surface area contributed by atoms with Crippen molar-refractivity contribution in [3.05, 3.63) is 57.0 Å². The molecule has 0 aliphatic rings. The monoisotopic (exact) mass is 399 g/mol. The Morgan fingerprint density at radius 3 is 2.50 bits per heavy atom. The molecule has 0 fully saturated rings. The molecule has 1 amide bonds. The number of nitro groups is 1. The predicted molar refractivity (Wildman–Crippen MR) is 95.9 cm³/mol. The van der Waals surface area contributed by atoms with Crippen LogP contribution in [-0.4, -0.2) is 17.4 Å². The number of alkyl halides is 3. The van der Waals surface area contributed by atoms with Crippen LogP contribution in [0.4, 0.5) is 24.5 Å². The smallest absolute Gasteiger partial charge is 0.416 e. The van der Waals surface area contributed by atoms with E-state index in [-0.39, 0.29) is 30.6 Å². The molecule has 1 aromatic carbocycles. The molecular weight excluding hydrogens is 379 g/mol. The molecule has 0 radical (unpaired) electrons. The number of hydrogen-bond donors (Lipinski definition) is 2. The first-order valence-electron chi connectivity index (χ1n) is 8.45. The SMILES string of the molecule is Cc1cc(C(C)NC(=O)CCNc2ccc(C(F)(F)F)cc2[N+](=O)[O-])c(C)o1. The minimum atomic E-state index is -4.68. The van der Waals surface area contributed by atoms with Crippen molar-refractivity contribution in [3.63, 3.8) is 0 Å². The van der Waals surface area contributed by atoms with Crippen LogP contribution in [0.25, 0.3) is 0 Å².